The fraction of sp³-hybridized carbons (Fsp3) is 0.667. The van der Waals surface area contributed by atoms with Crippen molar-refractivity contribution < 1.29 is 0 Å². The van der Waals surface area contributed by atoms with Crippen LogP contribution in [0.2, 0.25) is 0 Å². The van der Waals surface area contributed by atoms with Crippen molar-refractivity contribution in [3.05, 3.63) is 18.0 Å². The van der Waals surface area contributed by atoms with Crippen LogP contribution in [-0.2, 0) is 6.54 Å². The molecule has 68 valence electrons. The highest BCUT2D eigenvalue weighted by Gasteiger charge is 2.01. The number of hydrogen-bond donors (Lipinski definition) is 0. The van der Waals surface area contributed by atoms with Crippen molar-refractivity contribution in [1.82, 2.24) is 14.7 Å². The summed E-state index contributed by atoms with van der Waals surface area (Å²) in [6.45, 7) is 5.18. The Kier molecular flexibility index (Phi) is 2.87. The summed E-state index contributed by atoms with van der Waals surface area (Å²) in [5, 5.41) is 4.42. The lowest BCUT2D eigenvalue weighted by molar-refractivity contribution is 0.391. The van der Waals surface area contributed by atoms with Crippen molar-refractivity contribution in [2.24, 2.45) is 0 Å². The van der Waals surface area contributed by atoms with Crippen LogP contribution in [0.25, 0.3) is 0 Å². The fourth-order valence-electron chi connectivity index (χ4n) is 1.07. The van der Waals surface area contributed by atoms with Gasteiger partial charge in [0.25, 0.3) is 0 Å². The number of hydrogen-bond acceptors (Lipinski definition) is 2. The first-order valence-corrected chi connectivity index (χ1v) is 4.28. The molecule has 0 N–H and O–H groups in total. The molecule has 0 aliphatic rings. The van der Waals surface area contributed by atoms with Crippen molar-refractivity contribution in [2.75, 3.05) is 14.1 Å². The molecule has 0 aliphatic heterocycles. The molecule has 0 unspecified atom stereocenters. The molecule has 3 heteroatoms. The van der Waals surface area contributed by atoms with Gasteiger partial charge in [-0.25, -0.2) is 0 Å². The van der Waals surface area contributed by atoms with Crippen LogP contribution in [0.1, 0.15) is 25.6 Å². The van der Waals surface area contributed by atoms with Crippen LogP contribution in [-0.4, -0.2) is 28.8 Å². The molecule has 1 aromatic heterocycles. The Labute approximate surface area is 74.0 Å². The normalized spacial score (nSPS) is 11.5. The highest BCUT2D eigenvalue weighted by atomic mass is 15.3. The Balaban J connectivity index is 2.64. The molecule has 0 radical (unpaired) electrons. The van der Waals surface area contributed by atoms with Crippen LogP contribution in [0.4, 0.5) is 0 Å². The van der Waals surface area contributed by atoms with Crippen LogP contribution in [0.3, 0.4) is 0 Å². The zero-order valence-electron chi connectivity index (χ0n) is 8.28. The van der Waals surface area contributed by atoms with E-state index in [9.17, 15) is 0 Å². The van der Waals surface area contributed by atoms with Gasteiger partial charge in [-0.05, 0) is 34.0 Å². The molecular weight excluding hydrogens is 150 g/mol. The average molecular weight is 167 g/mol. The largest absolute Gasteiger partial charge is 0.304 e. The van der Waals surface area contributed by atoms with Gasteiger partial charge in [0.1, 0.15) is 0 Å². The maximum atomic E-state index is 4.42. The highest BCUT2D eigenvalue weighted by Crippen LogP contribution is 2.04. The van der Waals surface area contributed by atoms with E-state index in [1.165, 1.54) is 0 Å². The monoisotopic (exact) mass is 167 g/mol. The van der Waals surface area contributed by atoms with Gasteiger partial charge in [-0.1, -0.05) is 0 Å². The summed E-state index contributed by atoms with van der Waals surface area (Å²) in [5.74, 6) is 0. The molecule has 0 bridgehead atoms. The van der Waals surface area contributed by atoms with Crippen molar-refractivity contribution >= 4 is 0 Å². The molecule has 0 saturated heterocycles. The summed E-state index contributed by atoms with van der Waals surface area (Å²) in [4.78, 5) is 2.12. The molecular formula is C9H17N3. The molecule has 1 rings (SSSR count). The molecule has 0 aromatic carbocycles. The van der Waals surface area contributed by atoms with E-state index in [2.05, 4.69) is 29.9 Å². The summed E-state index contributed by atoms with van der Waals surface area (Å²) in [6, 6.07) is 2.53. The van der Waals surface area contributed by atoms with Gasteiger partial charge in [-0.2, -0.15) is 5.10 Å². The molecule has 3 nitrogen and oxygen atoms in total. The maximum Gasteiger partial charge on any atom is 0.0764 e. The first-order chi connectivity index (χ1) is 5.59. The SMILES string of the molecule is CC(C)n1ccc(CN(C)C)n1. The quantitative estimate of drug-likeness (QED) is 0.680. The summed E-state index contributed by atoms with van der Waals surface area (Å²) in [7, 11) is 4.10. The minimum atomic E-state index is 0.459. The number of nitrogens with zero attached hydrogens (tertiary/aromatic N) is 3. The second kappa shape index (κ2) is 3.72. The van der Waals surface area contributed by atoms with Crippen LogP contribution in [0.5, 0.6) is 0 Å². The third kappa shape index (κ3) is 2.34. The Bertz CT molecular complexity index is 238. The molecule has 0 spiro atoms. The summed E-state index contributed by atoms with van der Waals surface area (Å²) < 4.78 is 1.98. The highest BCUT2D eigenvalue weighted by molar-refractivity contribution is 4.98. The fourth-order valence-corrected chi connectivity index (χ4v) is 1.07. The Morgan fingerprint density at radius 2 is 2.17 bits per heavy atom. The zero-order valence-corrected chi connectivity index (χ0v) is 8.28. The minimum absolute atomic E-state index is 0.459. The average Bonchev–Trinajstić information content (AvgIpc) is 2.34. The van der Waals surface area contributed by atoms with Crippen molar-refractivity contribution in [2.45, 2.75) is 26.4 Å². The minimum Gasteiger partial charge on any atom is -0.304 e. The van der Waals surface area contributed by atoms with E-state index in [1.54, 1.807) is 0 Å². The van der Waals surface area contributed by atoms with Gasteiger partial charge in [-0.3, -0.25) is 4.68 Å². The van der Waals surface area contributed by atoms with Crippen molar-refractivity contribution in [3.63, 3.8) is 0 Å². The van der Waals surface area contributed by atoms with Crippen LogP contribution < -0.4 is 0 Å². The molecule has 1 heterocycles. The van der Waals surface area contributed by atoms with E-state index in [0.29, 0.717) is 6.04 Å². The molecule has 1 aromatic rings. The third-order valence-electron chi connectivity index (χ3n) is 1.67. The van der Waals surface area contributed by atoms with Crippen molar-refractivity contribution in [1.29, 1.82) is 0 Å². The van der Waals surface area contributed by atoms with Gasteiger partial charge in [-0.15, -0.1) is 0 Å². The van der Waals surface area contributed by atoms with Gasteiger partial charge in [0.2, 0.25) is 0 Å². The van der Waals surface area contributed by atoms with Gasteiger partial charge in [0.05, 0.1) is 5.69 Å². The predicted molar refractivity (Wildman–Crippen MR) is 50.0 cm³/mol. The second-order valence-corrected chi connectivity index (χ2v) is 3.62. The Morgan fingerprint density at radius 1 is 1.50 bits per heavy atom. The maximum absolute atomic E-state index is 4.42. The van der Waals surface area contributed by atoms with E-state index >= 15 is 0 Å². The van der Waals surface area contributed by atoms with E-state index in [-0.39, 0.29) is 0 Å². The lowest BCUT2D eigenvalue weighted by Crippen LogP contribution is -2.12. The van der Waals surface area contributed by atoms with E-state index in [4.69, 9.17) is 0 Å². The smallest absolute Gasteiger partial charge is 0.0764 e. The van der Waals surface area contributed by atoms with Crippen molar-refractivity contribution in [3.8, 4) is 0 Å². The summed E-state index contributed by atoms with van der Waals surface area (Å²) >= 11 is 0. The topological polar surface area (TPSA) is 21.1 Å². The second-order valence-electron chi connectivity index (χ2n) is 3.62. The molecule has 0 atom stereocenters. The summed E-state index contributed by atoms with van der Waals surface area (Å²) in [6.07, 6.45) is 2.03. The van der Waals surface area contributed by atoms with Gasteiger partial charge < -0.3 is 4.90 Å². The van der Waals surface area contributed by atoms with Crippen LogP contribution >= 0.6 is 0 Å². The van der Waals surface area contributed by atoms with Crippen LogP contribution in [0.15, 0.2) is 12.3 Å². The molecule has 0 fully saturated rings. The van der Waals surface area contributed by atoms with E-state index in [1.807, 2.05) is 25.0 Å². The molecule has 0 amide bonds. The number of aromatic nitrogens is 2. The Hall–Kier alpha value is -0.830. The first-order valence-electron chi connectivity index (χ1n) is 4.28. The standard InChI is InChI=1S/C9H17N3/c1-8(2)12-6-5-9(10-12)7-11(3)4/h5-6,8H,7H2,1-4H3. The molecule has 12 heavy (non-hydrogen) atoms. The predicted octanol–water partition coefficient (Wildman–Crippen LogP) is 1.53. The van der Waals surface area contributed by atoms with Gasteiger partial charge in [0, 0.05) is 18.8 Å². The summed E-state index contributed by atoms with van der Waals surface area (Å²) in [5.41, 5.74) is 1.13. The van der Waals surface area contributed by atoms with Gasteiger partial charge in [0.15, 0.2) is 0 Å². The van der Waals surface area contributed by atoms with E-state index < -0.39 is 0 Å². The lowest BCUT2D eigenvalue weighted by Gasteiger charge is -2.07. The zero-order chi connectivity index (χ0) is 9.14. The first kappa shape index (κ1) is 9.26. The Morgan fingerprint density at radius 3 is 2.58 bits per heavy atom. The number of rotatable bonds is 3. The molecule has 0 saturated carbocycles. The third-order valence-corrected chi connectivity index (χ3v) is 1.67. The molecule has 0 aliphatic carbocycles. The van der Waals surface area contributed by atoms with Gasteiger partial charge >= 0.3 is 0 Å². The van der Waals surface area contributed by atoms with E-state index in [0.717, 1.165) is 12.2 Å². The lowest BCUT2D eigenvalue weighted by atomic mass is 10.4. The van der Waals surface area contributed by atoms with Crippen LogP contribution in [0, 0.1) is 0 Å².